The molecule has 1 saturated heterocycles. The molecule has 1 aliphatic carbocycles. The Morgan fingerprint density at radius 1 is 1.23 bits per heavy atom. The Bertz CT molecular complexity index is 1240. The maximum Gasteiger partial charge on any atom is 0.280 e. The molecular weight excluding hydrogens is 511 g/mol. The third-order valence-corrected chi connectivity index (χ3v) is 7.43. The van der Waals surface area contributed by atoms with Gasteiger partial charge in [0.2, 0.25) is 11.8 Å². The van der Waals surface area contributed by atoms with Gasteiger partial charge < -0.3 is 5.32 Å². The van der Waals surface area contributed by atoms with Crippen LogP contribution in [0.5, 0.6) is 0 Å². The summed E-state index contributed by atoms with van der Waals surface area (Å²) in [5.41, 5.74) is -0.0240. The lowest BCUT2D eigenvalue weighted by Crippen LogP contribution is -2.55. The molecule has 35 heavy (non-hydrogen) atoms. The van der Waals surface area contributed by atoms with Crippen LogP contribution >= 0.6 is 11.6 Å². The number of hydrogen-bond donors (Lipinski definition) is 2. The maximum atomic E-state index is 14.1. The Balaban J connectivity index is 1.70. The van der Waals surface area contributed by atoms with Crippen molar-refractivity contribution < 1.29 is 31.2 Å². The number of amides is 2. The minimum absolute atomic E-state index is 0.0819. The quantitative estimate of drug-likeness (QED) is 0.481. The Labute approximate surface area is 204 Å². The molecule has 2 amide bonds. The topological polar surface area (TPSA) is 111 Å². The van der Waals surface area contributed by atoms with Gasteiger partial charge in [-0.1, -0.05) is 29.8 Å². The normalized spacial score (nSPS) is 18.4. The van der Waals surface area contributed by atoms with E-state index in [1.807, 2.05) is 0 Å². The molecule has 0 spiro atoms. The number of alkyl halides is 2. The van der Waals surface area contributed by atoms with E-state index in [1.54, 1.807) is 12.1 Å². The molecular formula is C21H21ClF3N5O4S. The highest BCUT2D eigenvalue weighted by Crippen LogP contribution is 2.38. The highest BCUT2D eigenvalue weighted by molar-refractivity contribution is 7.87. The smallest absolute Gasteiger partial charge is 0.280 e. The summed E-state index contributed by atoms with van der Waals surface area (Å²) < 4.78 is 68.4. The molecule has 4 rings (SSSR count). The van der Waals surface area contributed by atoms with Crippen LogP contribution in [0.3, 0.4) is 0 Å². The molecule has 14 heteroatoms. The number of aromatic nitrogens is 1. The third-order valence-electron chi connectivity index (χ3n) is 5.53. The van der Waals surface area contributed by atoms with Crippen molar-refractivity contribution in [3.8, 4) is 0 Å². The van der Waals surface area contributed by atoms with Gasteiger partial charge in [0.05, 0.1) is 24.6 Å². The fourth-order valence-electron chi connectivity index (χ4n) is 3.72. The fourth-order valence-corrected chi connectivity index (χ4v) is 5.01. The minimum atomic E-state index is -3.92. The number of benzene rings is 1. The summed E-state index contributed by atoms with van der Waals surface area (Å²) in [5.74, 6) is -5.48. The molecule has 0 radical (unpaired) electrons. The van der Waals surface area contributed by atoms with E-state index in [9.17, 15) is 31.2 Å². The number of nitrogens with one attached hydrogen (secondary N) is 2. The van der Waals surface area contributed by atoms with Gasteiger partial charge in [0.15, 0.2) is 0 Å². The zero-order chi connectivity index (χ0) is 25.4. The van der Waals surface area contributed by atoms with Crippen molar-refractivity contribution in [1.29, 1.82) is 0 Å². The number of carbonyl (C=O) groups excluding carboxylic acids is 2. The minimum Gasteiger partial charge on any atom is -0.351 e. The lowest BCUT2D eigenvalue weighted by atomic mass is 9.87. The summed E-state index contributed by atoms with van der Waals surface area (Å²) in [6.45, 7) is -0.152. The van der Waals surface area contributed by atoms with Gasteiger partial charge in [-0.3, -0.25) is 19.5 Å². The van der Waals surface area contributed by atoms with Gasteiger partial charge in [0.25, 0.3) is 16.1 Å². The Morgan fingerprint density at radius 2 is 1.91 bits per heavy atom. The highest BCUT2D eigenvalue weighted by atomic mass is 35.5. The predicted octanol–water partition coefficient (Wildman–Crippen LogP) is 2.01. The zero-order valence-electron chi connectivity index (χ0n) is 18.1. The van der Waals surface area contributed by atoms with Crippen LogP contribution in [0.1, 0.15) is 24.4 Å². The number of hydrogen-bond acceptors (Lipinski definition) is 5. The monoisotopic (exact) mass is 531 g/mol. The van der Waals surface area contributed by atoms with Gasteiger partial charge >= 0.3 is 0 Å². The first-order chi connectivity index (χ1) is 16.5. The SMILES string of the molecule is O=C(NC1CC(F)(F)C1)[C@@H](c1ccccc1Cl)N(C(=O)CNS(=O)(=O)N1CC1)c1cncc(F)c1. The van der Waals surface area contributed by atoms with Crippen molar-refractivity contribution in [1.82, 2.24) is 19.3 Å². The number of pyridine rings is 1. The van der Waals surface area contributed by atoms with Crippen molar-refractivity contribution in [3.63, 3.8) is 0 Å². The summed E-state index contributed by atoms with van der Waals surface area (Å²) in [6, 6.07) is 4.62. The summed E-state index contributed by atoms with van der Waals surface area (Å²) in [4.78, 5) is 31.3. The molecule has 2 N–H and O–H groups in total. The second-order valence-corrected chi connectivity index (χ2v) is 10.4. The number of carbonyl (C=O) groups is 2. The first-order valence-corrected chi connectivity index (χ1v) is 12.4. The maximum absolute atomic E-state index is 14.1. The molecule has 9 nitrogen and oxygen atoms in total. The Kier molecular flexibility index (Phi) is 7.04. The summed E-state index contributed by atoms with van der Waals surface area (Å²) in [6.07, 6.45) is 0.864. The summed E-state index contributed by atoms with van der Waals surface area (Å²) >= 11 is 6.31. The van der Waals surface area contributed by atoms with Crippen LogP contribution in [-0.2, 0) is 19.8 Å². The number of anilines is 1. The molecule has 1 aromatic heterocycles. The summed E-state index contributed by atoms with van der Waals surface area (Å²) in [5, 5.41) is 2.57. The van der Waals surface area contributed by atoms with Crippen LogP contribution in [0.4, 0.5) is 18.9 Å². The number of nitrogens with zero attached hydrogens (tertiary/aromatic N) is 3. The molecule has 2 aliphatic rings. The van der Waals surface area contributed by atoms with E-state index >= 15 is 0 Å². The van der Waals surface area contributed by atoms with Crippen molar-refractivity contribution in [2.45, 2.75) is 30.8 Å². The molecule has 1 aromatic carbocycles. The van der Waals surface area contributed by atoms with Crippen LogP contribution in [0.2, 0.25) is 5.02 Å². The first-order valence-electron chi connectivity index (χ1n) is 10.6. The van der Waals surface area contributed by atoms with Crippen LogP contribution in [0.25, 0.3) is 0 Å². The number of rotatable bonds is 9. The molecule has 2 heterocycles. The van der Waals surface area contributed by atoms with Crippen molar-refractivity contribution in [2.75, 3.05) is 24.5 Å². The summed E-state index contributed by atoms with van der Waals surface area (Å²) in [7, 11) is -3.92. The van der Waals surface area contributed by atoms with Gasteiger partial charge in [0, 0.05) is 48.6 Å². The molecule has 1 atom stereocenters. The van der Waals surface area contributed by atoms with Gasteiger partial charge in [-0.2, -0.15) is 17.4 Å². The van der Waals surface area contributed by atoms with Crippen molar-refractivity contribution >= 4 is 39.3 Å². The Hall–Kier alpha value is -2.74. The van der Waals surface area contributed by atoms with Crippen molar-refractivity contribution in [3.05, 3.63) is 59.1 Å². The predicted molar refractivity (Wildman–Crippen MR) is 120 cm³/mol. The molecule has 188 valence electrons. The van der Waals surface area contributed by atoms with E-state index in [4.69, 9.17) is 11.6 Å². The van der Waals surface area contributed by atoms with Crippen LogP contribution in [0, 0.1) is 5.82 Å². The molecule has 0 bridgehead atoms. The van der Waals surface area contributed by atoms with Gasteiger partial charge in [-0.25, -0.2) is 13.2 Å². The lowest BCUT2D eigenvalue weighted by Gasteiger charge is -2.38. The van der Waals surface area contributed by atoms with Crippen LogP contribution < -0.4 is 14.9 Å². The van der Waals surface area contributed by atoms with Crippen molar-refractivity contribution in [2.24, 2.45) is 0 Å². The Morgan fingerprint density at radius 3 is 2.51 bits per heavy atom. The third kappa shape index (κ3) is 5.92. The van der Waals surface area contributed by atoms with E-state index in [1.165, 1.54) is 12.1 Å². The molecule has 1 aliphatic heterocycles. The fraction of sp³-hybridized carbons (Fsp3) is 0.381. The van der Waals surface area contributed by atoms with Crippen LogP contribution in [0.15, 0.2) is 42.7 Å². The molecule has 2 fully saturated rings. The van der Waals surface area contributed by atoms with Gasteiger partial charge in [-0.05, 0) is 6.07 Å². The van der Waals surface area contributed by atoms with Gasteiger partial charge in [-0.15, -0.1) is 0 Å². The molecule has 1 saturated carbocycles. The largest absolute Gasteiger partial charge is 0.351 e. The average Bonchev–Trinajstić information content (AvgIpc) is 3.61. The first kappa shape index (κ1) is 25.4. The second kappa shape index (κ2) is 9.72. The van der Waals surface area contributed by atoms with E-state index in [0.717, 1.165) is 27.7 Å². The van der Waals surface area contributed by atoms with Crippen LogP contribution in [-0.4, -0.2) is 61.1 Å². The molecule has 0 unspecified atom stereocenters. The lowest BCUT2D eigenvalue weighted by molar-refractivity contribution is -0.132. The van der Waals surface area contributed by atoms with E-state index in [2.05, 4.69) is 15.0 Å². The van der Waals surface area contributed by atoms with E-state index < -0.39 is 65.2 Å². The van der Waals surface area contributed by atoms with Gasteiger partial charge in [0.1, 0.15) is 11.9 Å². The standard InChI is InChI=1S/C21H21ClF3N5O4S/c22-17-4-2-1-3-16(17)19(20(32)28-14-8-21(24,25)9-14)30(15-7-13(23)10-26-11-15)18(31)12-27-35(33,34)29-5-6-29/h1-4,7,10-11,14,19,27H,5-6,8-9,12H2,(H,28,32)/t19-/m1/s1. The van der Waals surface area contributed by atoms with E-state index in [-0.39, 0.29) is 16.3 Å². The number of halogens is 4. The zero-order valence-corrected chi connectivity index (χ0v) is 19.7. The average molecular weight is 532 g/mol. The second-order valence-electron chi connectivity index (χ2n) is 8.24. The molecule has 2 aromatic rings. The highest BCUT2D eigenvalue weighted by Gasteiger charge is 2.47. The van der Waals surface area contributed by atoms with E-state index in [0.29, 0.717) is 13.1 Å².